The number of piperazine rings is 1. The molecule has 3 N–H and O–H groups in total. The van der Waals surface area contributed by atoms with E-state index in [0.717, 1.165) is 12.1 Å². The zero-order chi connectivity index (χ0) is 37.5. The van der Waals surface area contributed by atoms with Crippen LogP contribution in [0.15, 0.2) is 63.0 Å². The number of furan rings is 1. The molecule has 1 aliphatic rings. The Morgan fingerprint density at radius 3 is 2.58 bits per heavy atom. The number of carbonyl (C=O) groups excluding carboxylic acids is 1. The van der Waals surface area contributed by atoms with Gasteiger partial charge in [0.15, 0.2) is 11.5 Å². The molecule has 1 unspecified atom stereocenters. The first-order valence-electron chi connectivity index (χ1n) is 16.5. The fourth-order valence-electron chi connectivity index (χ4n) is 6.34. The number of hydrogen-bond donors (Lipinski definition) is 2. The van der Waals surface area contributed by atoms with Gasteiger partial charge in [-0.15, -0.1) is 0 Å². The number of aryl methyl sites for hydroxylation is 1. The molecule has 1 fully saturated rings. The summed E-state index contributed by atoms with van der Waals surface area (Å²) in [5.74, 6) is -2.49. The summed E-state index contributed by atoms with van der Waals surface area (Å²) in [4.78, 5) is 44.0. The fraction of sp³-hybridized carbons (Fsp3) is 0.343. The molecule has 0 bridgehead atoms. The SMILES string of the molecule is CCC(=O)N1CCN(c2nc(=O)n(-c3c(C)ccnc3C(C)C)c3nc(-c4c(O)cccc4F)c(F)cc23)C(COCc2ccc(S(N)(=O)=O)o2)C1. The molecule has 4 aromatic heterocycles. The monoisotopic (exact) mass is 737 g/mol. The smallest absolute Gasteiger partial charge is 0.355 e. The number of pyridine rings is 2. The third-order valence-corrected chi connectivity index (χ3v) is 9.62. The van der Waals surface area contributed by atoms with Gasteiger partial charge < -0.3 is 24.1 Å². The van der Waals surface area contributed by atoms with Crippen molar-refractivity contribution in [1.29, 1.82) is 0 Å². The van der Waals surface area contributed by atoms with Crippen LogP contribution in [0.4, 0.5) is 14.6 Å². The molecule has 1 atom stereocenters. The number of aromatic hydroxyl groups is 1. The molecular formula is C35H37F2N7O7S. The Balaban J connectivity index is 1.52. The van der Waals surface area contributed by atoms with Gasteiger partial charge in [0.1, 0.15) is 35.4 Å². The number of aromatic nitrogens is 4. The fourth-order valence-corrected chi connectivity index (χ4v) is 6.83. The van der Waals surface area contributed by atoms with E-state index in [1.807, 2.05) is 13.8 Å². The van der Waals surface area contributed by atoms with E-state index in [-0.39, 0.29) is 73.7 Å². The highest BCUT2D eigenvalue weighted by Crippen LogP contribution is 2.37. The maximum Gasteiger partial charge on any atom is 0.355 e. The summed E-state index contributed by atoms with van der Waals surface area (Å²) in [5.41, 5.74) is -0.263. The highest BCUT2D eigenvalue weighted by Gasteiger charge is 2.33. The molecule has 14 nitrogen and oxygen atoms in total. The van der Waals surface area contributed by atoms with Crippen molar-refractivity contribution in [3.05, 3.63) is 87.8 Å². The van der Waals surface area contributed by atoms with Crippen molar-refractivity contribution in [2.45, 2.75) is 57.8 Å². The number of ether oxygens (including phenoxy) is 1. The number of halogens is 2. The number of anilines is 1. The average Bonchev–Trinajstić information content (AvgIpc) is 3.58. The lowest BCUT2D eigenvalue weighted by Crippen LogP contribution is -2.57. The zero-order valence-corrected chi connectivity index (χ0v) is 29.7. The highest BCUT2D eigenvalue weighted by molar-refractivity contribution is 7.89. The van der Waals surface area contributed by atoms with E-state index < -0.39 is 55.5 Å². The molecule has 0 saturated carbocycles. The second kappa shape index (κ2) is 14.4. The second-order valence-corrected chi connectivity index (χ2v) is 14.2. The van der Waals surface area contributed by atoms with E-state index in [1.165, 1.54) is 28.8 Å². The summed E-state index contributed by atoms with van der Waals surface area (Å²) in [6.45, 7) is 7.68. The normalized spacial score (nSPS) is 15.2. The number of fused-ring (bicyclic) bond motifs is 1. The van der Waals surface area contributed by atoms with E-state index in [9.17, 15) is 23.1 Å². The Bertz CT molecular complexity index is 2330. The zero-order valence-electron chi connectivity index (χ0n) is 28.8. The lowest BCUT2D eigenvalue weighted by Gasteiger charge is -2.42. The quantitative estimate of drug-likeness (QED) is 0.210. The summed E-state index contributed by atoms with van der Waals surface area (Å²) in [7, 11) is -4.07. The van der Waals surface area contributed by atoms with E-state index in [2.05, 4.69) is 15.0 Å². The van der Waals surface area contributed by atoms with Crippen molar-refractivity contribution in [3.63, 3.8) is 0 Å². The number of carbonyl (C=O) groups is 1. The number of nitrogens with zero attached hydrogens (tertiary/aromatic N) is 6. The standard InChI is InChI=1S/C35H37F2N7O7S/c1-5-27(46)42-13-14-43(21(16-42)17-50-18-22-9-10-28(51-22)52(38,48)49)33-23-15-25(37)31(29-24(36)7-6-8-26(29)45)40-34(23)44(35(47)41-33)32-20(4)11-12-39-30(32)19(2)3/h6-12,15,19,21,45H,5,13-14,16-18H2,1-4H3,(H2,38,48,49). The molecular weight excluding hydrogens is 700 g/mol. The van der Waals surface area contributed by atoms with Crippen LogP contribution in [0.5, 0.6) is 5.75 Å². The summed E-state index contributed by atoms with van der Waals surface area (Å²) < 4.78 is 67.1. The molecule has 6 rings (SSSR count). The Labute approximate surface area is 297 Å². The third kappa shape index (κ3) is 6.98. The van der Waals surface area contributed by atoms with Crippen LogP contribution in [0.3, 0.4) is 0 Å². The Hall–Kier alpha value is -5.26. The minimum atomic E-state index is -4.07. The summed E-state index contributed by atoms with van der Waals surface area (Å²) >= 11 is 0. The summed E-state index contributed by atoms with van der Waals surface area (Å²) in [6, 6.07) is 8.34. The molecule has 1 saturated heterocycles. The molecule has 1 aliphatic heterocycles. The first-order valence-corrected chi connectivity index (χ1v) is 18.0. The van der Waals surface area contributed by atoms with E-state index >= 15 is 8.78 Å². The number of rotatable bonds is 10. The lowest BCUT2D eigenvalue weighted by molar-refractivity contribution is -0.132. The van der Waals surface area contributed by atoms with Crippen molar-refractivity contribution in [2.24, 2.45) is 5.14 Å². The first-order chi connectivity index (χ1) is 24.7. The van der Waals surface area contributed by atoms with Crippen molar-refractivity contribution in [1.82, 2.24) is 24.4 Å². The number of amides is 1. The van der Waals surface area contributed by atoms with Crippen LogP contribution in [-0.2, 0) is 26.2 Å². The van der Waals surface area contributed by atoms with E-state index in [4.69, 9.17) is 14.3 Å². The first kappa shape index (κ1) is 36.5. The maximum atomic E-state index is 16.2. The van der Waals surface area contributed by atoms with Gasteiger partial charge in [0.05, 0.1) is 35.0 Å². The van der Waals surface area contributed by atoms with Crippen molar-refractivity contribution in [2.75, 3.05) is 31.1 Å². The van der Waals surface area contributed by atoms with Gasteiger partial charge >= 0.3 is 5.69 Å². The summed E-state index contributed by atoms with van der Waals surface area (Å²) in [5, 5.41) is 15.4. The van der Waals surface area contributed by atoms with Crippen molar-refractivity contribution < 1.29 is 36.3 Å². The number of primary sulfonamides is 1. The average molecular weight is 738 g/mol. The molecule has 1 amide bonds. The van der Waals surface area contributed by atoms with E-state index in [1.54, 1.807) is 35.9 Å². The van der Waals surface area contributed by atoms with Gasteiger partial charge in [-0.1, -0.05) is 26.8 Å². The molecule has 0 aliphatic carbocycles. The number of nitrogens with two attached hydrogens (primary N) is 1. The van der Waals surface area contributed by atoms with Crippen LogP contribution in [0.2, 0.25) is 0 Å². The topological polar surface area (TPSA) is 187 Å². The molecule has 5 aromatic rings. The Morgan fingerprint density at radius 1 is 1.13 bits per heavy atom. The largest absolute Gasteiger partial charge is 0.507 e. The van der Waals surface area contributed by atoms with Gasteiger partial charge in [-0.3, -0.25) is 9.78 Å². The lowest BCUT2D eigenvalue weighted by atomic mass is 10.0. The highest BCUT2D eigenvalue weighted by atomic mass is 32.2. The van der Waals surface area contributed by atoms with E-state index in [0.29, 0.717) is 16.9 Å². The Morgan fingerprint density at radius 2 is 1.90 bits per heavy atom. The van der Waals surface area contributed by atoms with Gasteiger partial charge in [-0.05, 0) is 54.8 Å². The van der Waals surface area contributed by atoms with Gasteiger partial charge in [-0.2, -0.15) is 4.98 Å². The van der Waals surface area contributed by atoms with Crippen molar-refractivity contribution in [3.8, 4) is 22.7 Å². The molecule has 0 spiro atoms. The van der Waals surface area contributed by atoms with Crippen LogP contribution in [0.1, 0.15) is 50.1 Å². The summed E-state index contributed by atoms with van der Waals surface area (Å²) in [6.07, 6.45) is 1.86. The number of phenolic OH excluding ortho intramolecular Hbond substituents is 1. The van der Waals surface area contributed by atoms with Crippen LogP contribution < -0.4 is 15.7 Å². The molecule has 274 valence electrons. The predicted octanol–water partition coefficient (Wildman–Crippen LogP) is 4.14. The predicted molar refractivity (Wildman–Crippen MR) is 187 cm³/mol. The minimum absolute atomic E-state index is 0.0475. The van der Waals surface area contributed by atoms with Crippen LogP contribution in [0, 0.1) is 18.6 Å². The second-order valence-electron chi connectivity index (χ2n) is 12.7. The number of phenols is 1. The van der Waals surface area contributed by atoms with Crippen molar-refractivity contribution >= 4 is 32.8 Å². The van der Waals surface area contributed by atoms with Crippen LogP contribution in [-0.4, -0.2) is 76.1 Å². The maximum absolute atomic E-state index is 16.2. The molecule has 1 aromatic carbocycles. The molecule has 0 radical (unpaired) electrons. The number of hydrogen-bond acceptors (Lipinski definition) is 11. The molecule has 17 heteroatoms. The van der Waals surface area contributed by atoms with Gasteiger partial charge in [0.25, 0.3) is 10.0 Å². The minimum Gasteiger partial charge on any atom is -0.507 e. The number of benzene rings is 1. The van der Waals surface area contributed by atoms with Gasteiger partial charge in [-0.25, -0.2) is 36.7 Å². The van der Waals surface area contributed by atoms with Gasteiger partial charge in [0.2, 0.25) is 11.0 Å². The van der Waals surface area contributed by atoms with Crippen LogP contribution >= 0.6 is 0 Å². The number of sulfonamides is 1. The van der Waals surface area contributed by atoms with Crippen LogP contribution in [0.25, 0.3) is 28.0 Å². The Kier molecular flexibility index (Phi) is 10.1. The molecule has 52 heavy (non-hydrogen) atoms. The third-order valence-electron chi connectivity index (χ3n) is 8.84. The van der Waals surface area contributed by atoms with Gasteiger partial charge in [0, 0.05) is 32.3 Å². The molecule has 5 heterocycles.